The van der Waals surface area contributed by atoms with Gasteiger partial charge in [-0.3, -0.25) is 4.79 Å². The Morgan fingerprint density at radius 2 is 2.29 bits per heavy atom. The Balaban J connectivity index is 2.38. The second kappa shape index (κ2) is 5.32. The Kier molecular flexibility index (Phi) is 4.35. The minimum Gasteiger partial charge on any atom is -0.381 e. The number of amides is 1. The molecule has 1 fully saturated rings. The summed E-state index contributed by atoms with van der Waals surface area (Å²) in [6.45, 7) is 1.85. The summed E-state index contributed by atoms with van der Waals surface area (Å²) in [6.07, 6.45) is 3.53. The van der Waals surface area contributed by atoms with Crippen LogP contribution < -0.4 is 11.1 Å². The molecule has 0 spiro atoms. The first-order valence-corrected chi connectivity index (χ1v) is 5.25. The smallest absolute Gasteiger partial charge is 0.219 e. The van der Waals surface area contributed by atoms with Gasteiger partial charge in [0.15, 0.2) is 0 Å². The van der Waals surface area contributed by atoms with Crippen LogP contribution in [0, 0.1) is 0 Å². The van der Waals surface area contributed by atoms with Crippen LogP contribution in [-0.4, -0.2) is 31.2 Å². The molecule has 0 bridgehead atoms. The summed E-state index contributed by atoms with van der Waals surface area (Å²) in [5.41, 5.74) is 5.95. The first-order valence-electron chi connectivity index (χ1n) is 5.25. The normalized spacial score (nSPS) is 32.6. The van der Waals surface area contributed by atoms with Crippen molar-refractivity contribution in [1.29, 1.82) is 0 Å². The number of nitrogens with one attached hydrogen (secondary N) is 1. The van der Waals surface area contributed by atoms with E-state index in [0.717, 1.165) is 19.3 Å². The molecule has 1 aliphatic rings. The van der Waals surface area contributed by atoms with Gasteiger partial charge in [-0.1, -0.05) is 6.92 Å². The monoisotopic (exact) mass is 200 g/mol. The molecule has 0 saturated heterocycles. The Morgan fingerprint density at radius 3 is 2.79 bits per heavy atom. The van der Waals surface area contributed by atoms with E-state index in [1.54, 1.807) is 7.11 Å². The molecule has 14 heavy (non-hydrogen) atoms. The van der Waals surface area contributed by atoms with E-state index >= 15 is 0 Å². The van der Waals surface area contributed by atoms with Crippen LogP contribution in [0.2, 0.25) is 0 Å². The first kappa shape index (κ1) is 11.5. The molecule has 0 aromatic rings. The lowest BCUT2D eigenvalue weighted by Crippen LogP contribution is -2.52. The van der Waals surface area contributed by atoms with Crippen molar-refractivity contribution in [2.75, 3.05) is 7.11 Å². The highest BCUT2D eigenvalue weighted by atomic mass is 16.5. The summed E-state index contributed by atoms with van der Waals surface area (Å²) in [6, 6.07) is 0.165. The fourth-order valence-corrected chi connectivity index (χ4v) is 1.87. The van der Waals surface area contributed by atoms with E-state index in [0.29, 0.717) is 6.42 Å². The molecule has 82 valence electrons. The van der Waals surface area contributed by atoms with Gasteiger partial charge < -0.3 is 15.8 Å². The van der Waals surface area contributed by atoms with Crippen molar-refractivity contribution in [2.24, 2.45) is 5.73 Å². The number of hydrogen-bond donors (Lipinski definition) is 2. The second-order valence-corrected chi connectivity index (χ2v) is 3.86. The molecule has 3 N–H and O–H groups in total. The topological polar surface area (TPSA) is 64.3 Å². The lowest BCUT2D eigenvalue weighted by molar-refractivity contribution is -0.122. The molecule has 1 saturated carbocycles. The molecule has 4 nitrogen and oxygen atoms in total. The highest BCUT2D eigenvalue weighted by molar-refractivity contribution is 5.75. The van der Waals surface area contributed by atoms with Crippen LogP contribution in [0.15, 0.2) is 0 Å². The quantitative estimate of drug-likeness (QED) is 0.693. The van der Waals surface area contributed by atoms with Crippen molar-refractivity contribution in [1.82, 2.24) is 5.32 Å². The van der Waals surface area contributed by atoms with Crippen molar-refractivity contribution >= 4 is 5.91 Å². The van der Waals surface area contributed by atoms with Gasteiger partial charge in [0.05, 0.1) is 6.10 Å². The molecule has 1 rings (SSSR count). The lowest BCUT2D eigenvalue weighted by Gasteiger charge is -2.33. The van der Waals surface area contributed by atoms with E-state index < -0.39 is 0 Å². The molecular formula is C10H20N2O2. The second-order valence-electron chi connectivity index (χ2n) is 3.86. The molecule has 1 aliphatic carbocycles. The van der Waals surface area contributed by atoms with Crippen molar-refractivity contribution < 1.29 is 9.53 Å². The van der Waals surface area contributed by atoms with E-state index in [-0.39, 0.29) is 24.1 Å². The maximum Gasteiger partial charge on any atom is 0.219 e. The average molecular weight is 200 g/mol. The minimum atomic E-state index is 0.0317. The van der Waals surface area contributed by atoms with E-state index in [1.165, 1.54) is 0 Å². The van der Waals surface area contributed by atoms with E-state index in [9.17, 15) is 4.79 Å². The van der Waals surface area contributed by atoms with Gasteiger partial charge in [0, 0.05) is 25.6 Å². The van der Waals surface area contributed by atoms with Crippen molar-refractivity contribution in [3.63, 3.8) is 0 Å². The molecule has 0 heterocycles. The third-order valence-electron chi connectivity index (χ3n) is 2.85. The number of nitrogens with two attached hydrogens (primary N) is 1. The number of ether oxygens (including phenoxy) is 1. The molecule has 0 unspecified atom stereocenters. The highest BCUT2D eigenvalue weighted by Gasteiger charge is 2.28. The zero-order chi connectivity index (χ0) is 10.6. The van der Waals surface area contributed by atoms with Gasteiger partial charge in [-0.15, -0.1) is 0 Å². The number of hydrogen-bond acceptors (Lipinski definition) is 3. The summed E-state index contributed by atoms with van der Waals surface area (Å²) in [7, 11) is 1.71. The van der Waals surface area contributed by atoms with Gasteiger partial charge in [0.25, 0.3) is 0 Å². The Hall–Kier alpha value is -0.610. The van der Waals surface area contributed by atoms with Gasteiger partial charge >= 0.3 is 0 Å². The van der Waals surface area contributed by atoms with Gasteiger partial charge in [0.2, 0.25) is 5.91 Å². The average Bonchev–Trinajstić information content (AvgIpc) is 2.20. The molecular weight excluding hydrogens is 180 g/mol. The minimum absolute atomic E-state index is 0.0317. The number of carbonyl (C=O) groups is 1. The summed E-state index contributed by atoms with van der Waals surface area (Å²) in [4.78, 5) is 11.2. The van der Waals surface area contributed by atoms with E-state index in [2.05, 4.69) is 5.32 Å². The van der Waals surface area contributed by atoms with Crippen LogP contribution in [0.25, 0.3) is 0 Å². The number of rotatable bonds is 3. The maximum absolute atomic E-state index is 11.2. The van der Waals surface area contributed by atoms with E-state index in [4.69, 9.17) is 10.5 Å². The largest absolute Gasteiger partial charge is 0.381 e. The van der Waals surface area contributed by atoms with Crippen molar-refractivity contribution in [3.05, 3.63) is 0 Å². The molecule has 0 radical (unpaired) electrons. The van der Waals surface area contributed by atoms with Crippen LogP contribution in [0.1, 0.15) is 32.6 Å². The molecule has 0 aromatic heterocycles. The van der Waals surface area contributed by atoms with Crippen LogP contribution in [-0.2, 0) is 9.53 Å². The van der Waals surface area contributed by atoms with Crippen molar-refractivity contribution in [2.45, 2.75) is 50.8 Å². The summed E-state index contributed by atoms with van der Waals surface area (Å²) in [5, 5.41) is 2.94. The SMILES string of the molecule is CCC(=O)N[C@@H]1CC[C@@H](OC)C[C@H]1N. The zero-order valence-corrected chi connectivity index (χ0v) is 8.95. The van der Waals surface area contributed by atoms with Crippen molar-refractivity contribution in [3.8, 4) is 0 Å². The van der Waals surface area contributed by atoms with Crippen LogP contribution in [0.4, 0.5) is 0 Å². The Labute approximate surface area is 85.2 Å². The summed E-state index contributed by atoms with van der Waals surface area (Å²) in [5.74, 6) is 0.0846. The standard InChI is InChI=1S/C10H20N2O2/c1-3-10(13)12-9-5-4-7(14-2)6-8(9)11/h7-9H,3-6,11H2,1-2H3,(H,12,13)/t7-,8-,9-/m1/s1. The third kappa shape index (κ3) is 2.96. The van der Waals surface area contributed by atoms with Crippen LogP contribution in [0.5, 0.6) is 0 Å². The molecule has 1 amide bonds. The maximum atomic E-state index is 11.2. The molecule has 4 heteroatoms. The van der Waals surface area contributed by atoms with Gasteiger partial charge in [-0.2, -0.15) is 0 Å². The Bertz CT molecular complexity index is 197. The van der Waals surface area contributed by atoms with Crippen LogP contribution in [0.3, 0.4) is 0 Å². The van der Waals surface area contributed by atoms with Gasteiger partial charge in [0.1, 0.15) is 0 Å². The Morgan fingerprint density at radius 1 is 1.57 bits per heavy atom. The van der Waals surface area contributed by atoms with E-state index in [1.807, 2.05) is 6.92 Å². The van der Waals surface area contributed by atoms with Gasteiger partial charge in [-0.05, 0) is 19.3 Å². The lowest BCUT2D eigenvalue weighted by atomic mass is 9.88. The first-order chi connectivity index (χ1) is 6.67. The summed E-state index contributed by atoms with van der Waals surface area (Å²) < 4.78 is 5.25. The van der Waals surface area contributed by atoms with Gasteiger partial charge in [-0.25, -0.2) is 0 Å². The third-order valence-corrected chi connectivity index (χ3v) is 2.85. The molecule has 0 aliphatic heterocycles. The number of methoxy groups -OCH3 is 1. The zero-order valence-electron chi connectivity index (χ0n) is 8.95. The molecule has 3 atom stereocenters. The fraction of sp³-hybridized carbons (Fsp3) is 0.900. The molecule has 0 aromatic carbocycles. The highest BCUT2D eigenvalue weighted by Crippen LogP contribution is 2.19. The number of carbonyl (C=O) groups excluding carboxylic acids is 1. The summed E-state index contributed by atoms with van der Waals surface area (Å²) >= 11 is 0. The predicted molar refractivity (Wildman–Crippen MR) is 54.8 cm³/mol. The fourth-order valence-electron chi connectivity index (χ4n) is 1.87. The van der Waals surface area contributed by atoms with Crippen LogP contribution >= 0.6 is 0 Å². The predicted octanol–water partition coefficient (Wildman–Crippen LogP) is 0.407.